The maximum Gasteiger partial charge on any atom is 0.258 e. The van der Waals surface area contributed by atoms with Crippen LogP contribution in [0.5, 0.6) is 0 Å². The van der Waals surface area contributed by atoms with Gasteiger partial charge >= 0.3 is 0 Å². The highest BCUT2D eigenvalue weighted by Gasteiger charge is 2.53. The highest BCUT2D eigenvalue weighted by Crippen LogP contribution is 2.40. The van der Waals surface area contributed by atoms with Crippen LogP contribution in [-0.2, 0) is 19.2 Å². The zero-order valence-corrected chi connectivity index (χ0v) is 32.9. The van der Waals surface area contributed by atoms with Crippen LogP contribution >= 0.6 is 11.3 Å². The lowest BCUT2D eigenvalue weighted by Crippen LogP contribution is -2.59. The van der Waals surface area contributed by atoms with Crippen molar-refractivity contribution in [1.82, 2.24) is 25.8 Å². The monoisotopic (exact) mass is 756 g/mol. The van der Waals surface area contributed by atoms with Crippen LogP contribution in [0.4, 0.5) is 4.39 Å². The zero-order valence-electron chi connectivity index (χ0n) is 32.1. The second kappa shape index (κ2) is 19.8. The first kappa shape index (κ1) is 42.3. The molecule has 2 fully saturated rings. The fourth-order valence-electron chi connectivity index (χ4n) is 6.85. The summed E-state index contributed by atoms with van der Waals surface area (Å²) >= 11 is 1.53. The van der Waals surface area contributed by atoms with Gasteiger partial charge < -0.3 is 31.7 Å². The lowest BCUT2D eigenvalue weighted by molar-refractivity contribution is -0.145. The maximum atomic E-state index is 14.6. The first-order valence-electron chi connectivity index (χ1n) is 19.5. The van der Waals surface area contributed by atoms with Crippen molar-refractivity contribution in [3.63, 3.8) is 0 Å². The van der Waals surface area contributed by atoms with E-state index in [1.807, 2.05) is 31.2 Å². The maximum absolute atomic E-state index is 14.6. The van der Waals surface area contributed by atoms with E-state index in [4.69, 9.17) is 5.73 Å². The highest BCUT2D eigenvalue weighted by molar-refractivity contribution is 7.13. The number of carbonyl (C=O) groups is 4. The molecule has 11 nitrogen and oxygen atoms in total. The fourth-order valence-corrected chi connectivity index (χ4v) is 7.66. The number of unbranched alkanes of at least 4 members (excludes halogenated alkanes) is 9. The summed E-state index contributed by atoms with van der Waals surface area (Å²) in [5.41, 5.74) is 7.19. The number of alkyl halides is 1. The number of rotatable bonds is 21. The summed E-state index contributed by atoms with van der Waals surface area (Å²) in [6.07, 6.45) is 10.7. The second-order valence-corrected chi connectivity index (χ2v) is 16.8. The minimum atomic E-state index is -1.97. The largest absolute Gasteiger partial charge is 0.391 e. The van der Waals surface area contributed by atoms with Crippen molar-refractivity contribution in [2.24, 2.45) is 11.1 Å². The minimum absolute atomic E-state index is 0.00771. The Kier molecular flexibility index (Phi) is 15.8. The number of aliphatic hydroxyl groups excluding tert-OH is 1. The predicted molar refractivity (Wildman–Crippen MR) is 207 cm³/mol. The molecule has 1 saturated heterocycles. The number of benzene rings is 1. The number of nitrogens with zero attached hydrogens (tertiary/aromatic N) is 2. The van der Waals surface area contributed by atoms with Crippen molar-refractivity contribution in [2.45, 2.75) is 147 Å². The molecule has 4 atom stereocenters. The number of hydrogen-bond acceptors (Lipinski definition) is 8. The molecule has 1 aliphatic carbocycles. The van der Waals surface area contributed by atoms with Gasteiger partial charge in [0, 0.05) is 19.5 Å². The van der Waals surface area contributed by atoms with Crippen LogP contribution in [0.3, 0.4) is 0 Å². The van der Waals surface area contributed by atoms with Crippen LogP contribution in [0.25, 0.3) is 10.4 Å². The van der Waals surface area contributed by atoms with Gasteiger partial charge in [0.25, 0.3) is 5.91 Å². The van der Waals surface area contributed by atoms with Crippen LogP contribution < -0.4 is 21.7 Å². The molecule has 2 aliphatic rings. The third kappa shape index (κ3) is 12.6. The molecule has 0 bridgehead atoms. The van der Waals surface area contributed by atoms with Crippen molar-refractivity contribution in [3.05, 3.63) is 41.0 Å². The normalized spacial score (nSPS) is 19.0. The number of amides is 4. The third-order valence-electron chi connectivity index (χ3n) is 10.3. The number of aromatic nitrogens is 1. The van der Waals surface area contributed by atoms with Gasteiger partial charge in [-0.1, -0.05) is 96.4 Å². The van der Waals surface area contributed by atoms with Gasteiger partial charge in [0.2, 0.25) is 17.7 Å². The summed E-state index contributed by atoms with van der Waals surface area (Å²) < 4.78 is 14.6. The van der Waals surface area contributed by atoms with Crippen molar-refractivity contribution in [3.8, 4) is 10.4 Å². The summed E-state index contributed by atoms with van der Waals surface area (Å²) in [5, 5.41) is 19.3. The van der Waals surface area contributed by atoms with Crippen LogP contribution in [0.2, 0.25) is 0 Å². The highest BCUT2D eigenvalue weighted by atomic mass is 32.1. The van der Waals surface area contributed by atoms with E-state index in [0.29, 0.717) is 6.54 Å². The first-order chi connectivity index (χ1) is 25.2. The van der Waals surface area contributed by atoms with Gasteiger partial charge in [-0.2, -0.15) is 0 Å². The Bertz CT molecular complexity index is 1510. The van der Waals surface area contributed by atoms with Crippen molar-refractivity contribution in [2.75, 3.05) is 19.6 Å². The number of aliphatic hydroxyl groups is 1. The lowest BCUT2D eigenvalue weighted by Gasteiger charge is -2.36. The quantitative estimate of drug-likeness (QED) is 0.103. The van der Waals surface area contributed by atoms with Crippen molar-refractivity contribution in [1.29, 1.82) is 0 Å². The van der Waals surface area contributed by atoms with Crippen LogP contribution in [0, 0.1) is 12.3 Å². The lowest BCUT2D eigenvalue weighted by atomic mass is 9.85. The van der Waals surface area contributed by atoms with Gasteiger partial charge in [0.1, 0.15) is 12.1 Å². The third-order valence-corrected chi connectivity index (χ3v) is 11.3. The molecule has 4 amide bonds. The number of β-amino-alcohol motifs (C(OH)–C–C–N with tert-alkyl or cyclic N) is 1. The van der Waals surface area contributed by atoms with Gasteiger partial charge in [-0.3, -0.25) is 19.2 Å². The molecule has 1 unspecified atom stereocenters. The SMILES string of the molecule is Cc1ncsc1-c1ccc([C@H](CC(=O)NCCCCCCCCCCCCN)NC(=O)[C@@H]2C[C@@H](O)CN2C(=O)C(NC(=O)C2(F)CC2)C(C)(C)C)cc1. The Labute approximate surface area is 318 Å². The Morgan fingerprint density at radius 3 is 2.13 bits per heavy atom. The van der Waals surface area contributed by atoms with Gasteiger partial charge in [-0.25, -0.2) is 9.37 Å². The van der Waals surface area contributed by atoms with Crippen molar-refractivity contribution >= 4 is 35.0 Å². The molecule has 13 heteroatoms. The molecule has 1 aliphatic heterocycles. The molecular formula is C40H61FN6O5S. The Morgan fingerprint density at radius 1 is 0.981 bits per heavy atom. The zero-order chi connectivity index (χ0) is 38.6. The smallest absolute Gasteiger partial charge is 0.258 e. The number of thiazole rings is 1. The molecule has 4 rings (SSSR count). The summed E-state index contributed by atoms with van der Waals surface area (Å²) in [7, 11) is 0. The second-order valence-electron chi connectivity index (χ2n) is 16.0. The summed E-state index contributed by atoms with van der Waals surface area (Å²) in [6.45, 7) is 8.42. The predicted octanol–water partition coefficient (Wildman–Crippen LogP) is 5.64. The van der Waals surface area contributed by atoms with E-state index in [-0.39, 0.29) is 38.1 Å². The van der Waals surface area contributed by atoms with E-state index >= 15 is 0 Å². The van der Waals surface area contributed by atoms with E-state index in [1.165, 1.54) is 54.8 Å². The Balaban J connectivity index is 1.39. The first-order valence-corrected chi connectivity index (χ1v) is 20.4. The molecule has 53 heavy (non-hydrogen) atoms. The average Bonchev–Trinajstić information content (AvgIpc) is 3.52. The molecule has 1 saturated carbocycles. The summed E-state index contributed by atoms with van der Waals surface area (Å²) in [5.74, 6) is -2.12. The standard InChI is InChI=1S/C40H61FN6O5S/c1-27-34(53-26-44-27)29-17-15-28(16-18-29)31(24-33(49)43-22-14-12-10-8-6-5-7-9-11-13-21-42)45-36(50)32-23-30(48)25-47(32)37(51)35(39(2,3)4)46-38(52)40(41)19-20-40/h15-18,26,30-32,35,48H,5-14,19-25,42H2,1-4H3,(H,43,49)(H,45,50)(H,46,52)/t30-,31+,32+,35?/m1/s1. The topological polar surface area (TPSA) is 167 Å². The molecule has 1 aromatic carbocycles. The minimum Gasteiger partial charge on any atom is -0.391 e. The fraction of sp³-hybridized carbons (Fsp3) is 0.675. The van der Waals surface area contributed by atoms with E-state index < -0.39 is 53.0 Å². The number of aryl methyl sites for hydroxylation is 1. The van der Waals surface area contributed by atoms with E-state index in [2.05, 4.69) is 20.9 Å². The van der Waals surface area contributed by atoms with Crippen LogP contribution in [0.15, 0.2) is 29.8 Å². The van der Waals surface area contributed by atoms with Crippen molar-refractivity contribution < 1.29 is 28.7 Å². The van der Waals surface area contributed by atoms with Gasteiger partial charge in [0.15, 0.2) is 5.67 Å². The molecular weight excluding hydrogens is 696 g/mol. The number of nitrogens with one attached hydrogen (secondary N) is 3. The number of likely N-dealkylation sites (tertiary alicyclic amines) is 1. The number of carbonyl (C=O) groups excluding carboxylic acids is 4. The van der Waals surface area contributed by atoms with E-state index in [0.717, 1.165) is 53.9 Å². The Morgan fingerprint density at radius 2 is 1.58 bits per heavy atom. The van der Waals surface area contributed by atoms with Crippen LogP contribution in [-0.4, -0.2) is 82.1 Å². The van der Waals surface area contributed by atoms with Gasteiger partial charge in [0.05, 0.1) is 34.6 Å². The molecule has 0 radical (unpaired) electrons. The Hall–Kier alpha value is -3.42. The van der Waals surface area contributed by atoms with Crippen LogP contribution in [0.1, 0.15) is 128 Å². The number of hydrogen-bond donors (Lipinski definition) is 5. The molecule has 0 spiro atoms. The molecule has 6 N–H and O–H groups in total. The van der Waals surface area contributed by atoms with E-state index in [1.54, 1.807) is 26.3 Å². The van der Waals surface area contributed by atoms with Gasteiger partial charge in [-0.15, -0.1) is 11.3 Å². The van der Waals surface area contributed by atoms with E-state index in [9.17, 15) is 28.7 Å². The molecule has 2 heterocycles. The molecule has 294 valence electrons. The molecule has 2 aromatic rings. The number of nitrogens with two attached hydrogens (primary N) is 1. The molecule has 1 aromatic heterocycles. The number of halogens is 1. The average molecular weight is 757 g/mol. The van der Waals surface area contributed by atoms with Gasteiger partial charge in [-0.05, 0) is 55.7 Å². The summed E-state index contributed by atoms with van der Waals surface area (Å²) in [6, 6.07) is 4.78. The summed E-state index contributed by atoms with van der Waals surface area (Å²) in [4.78, 5) is 60.6.